The lowest BCUT2D eigenvalue weighted by Gasteiger charge is -2.35. The summed E-state index contributed by atoms with van der Waals surface area (Å²) in [6.45, 7) is 1.57. The lowest BCUT2D eigenvalue weighted by molar-refractivity contribution is -0.120. The van der Waals surface area contributed by atoms with Crippen molar-refractivity contribution in [2.45, 2.75) is 41.7 Å². The van der Waals surface area contributed by atoms with Crippen LogP contribution in [0.4, 0.5) is 0 Å². The average molecular weight is 487 g/mol. The van der Waals surface area contributed by atoms with Crippen molar-refractivity contribution in [3.63, 3.8) is 0 Å². The van der Waals surface area contributed by atoms with E-state index in [1.54, 1.807) is 0 Å². The molecule has 1 aliphatic heterocycles. The number of piperidine rings is 1. The summed E-state index contributed by atoms with van der Waals surface area (Å²) < 4.78 is 30.8. The van der Waals surface area contributed by atoms with Crippen LogP contribution in [0.2, 0.25) is 0 Å². The standard InChI is InChI=1S/C24H26N2O7S/c25-22(30)24(10-9-23(15-24)11-13-26-14-12-23)34(31,32)19-7-5-18(6-8-19)33-21(29)17-3-1-16(2-4-17)20(27)28/h1-8,26H,9-15H2,(H2,25,30)(H,27,28). The van der Waals surface area contributed by atoms with E-state index in [1.807, 2.05) is 0 Å². The topological polar surface area (TPSA) is 153 Å². The molecule has 1 aliphatic carbocycles. The molecular formula is C24H26N2O7S. The number of nitrogens with two attached hydrogens (primary N) is 1. The first-order valence-electron chi connectivity index (χ1n) is 11.0. The van der Waals surface area contributed by atoms with Gasteiger partial charge in [0.15, 0.2) is 14.6 Å². The van der Waals surface area contributed by atoms with E-state index in [-0.39, 0.29) is 40.0 Å². The predicted octanol–water partition coefficient (Wildman–Crippen LogP) is 2.16. The molecule has 1 spiro atoms. The molecule has 9 nitrogen and oxygen atoms in total. The van der Waals surface area contributed by atoms with Gasteiger partial charge in [-0.25, -0.2) is 18.0 Å². The molecule has 4 rings (SSSR count). The number of esters is 1. The minimum absolute atomic E-state index is 0.0349. The Labute approximate surface area is 197 Å². The van der Waals surface area contributed by atoms with Gasteiger partial charge in [0.1, 0.15) is 5.75 Å². The lowest BCUT2D eigenvalue weighted by Crippen LogP contribution is -2.50. The molecule has 2 aliphatic rings. The zero-order valence-electron chi connectivity index (χ0n) is 18.5. The van der Waals surface area contributed by atoms with Gasteiger partial charge < -0.3 is 20.9 Å². The summed E-state index contributed by atoms with van der Waals surface area (Å²) in [5.74, 6) is -2.55. The zero-order valence-corrected chi connectivity index (χ0v) is 19.3. The van der Waals surface area contributed by atoms with Crippen molar-refractivity contribution < 1.29 is 32.6 Å². The average Bonchev–Trinajstić information content (AvgIpc) is 3.20. The number of carbonyl (C=O) groups excluding carboxylic acids is 2. The molecule has 1 saturated carbocycles. The lowest BCUT2D eigenvalue weighted by atomic mass is 9.77. The Kier molecular flexibility index (Phi) is 6.22. The molecule has 1 saturated heterocycles. The van der Waals surface area contributed by atoms with Crippen LogP contribution in [0.5, 0.6) is 5.75 Å². The smallest absolute Gasteiger partial charge is 0.343 e. The van der Waals surface area contributed by atoms with Crippen molar-refractivity contribution in [2.24, 2.45) is 11.1 Å². The summed E-state index contributed by atoms with van der Waals surface area (Å²) in [4.78, 5) is 35.8. The number of ether oxygens (including phenoxy) is 1. The van der Waals surface area contributed by atoms with Crippen LogP contribution in [-0.2, 0) is 14.6 Å². The molecule has 1 amide bonds. The van der Waals surface area contributed by atoms with E-state index in [4.69, 9.17) is 15.6 Å². The van der Waals surface area contributed by atoms with Crippen LogP contribution in [0.3, 0.4) is 0 Å². The molecule has 1 atom stereocenters. The second-order valence-electron chi connectivity index (χ2n) is 9.03. The number of sulfone groups is 1. The molecule has 180 valence electrons. The fourth-order valence-corrected chi connectivity index (χ4v) is 7.11. The Hall–Kier alpha value is -3.24. The number of carbonyl (C=O) groups is 3. The highest BCUT2D eigenvalue weighted by Gasteiger charge is 2.59. The van der Waals surface area contributed by atoms with Gasteiger partial charge in [0.2, 0.25) is 5.91 Å². The van der Waals surface area contributed by atoms with Gasteiger partial charge >= 0.3 is 11.9 Å². The first-order valence-corrected chi connectivity index (χ1v) is 12.5. The van der Waals surface area contributed by atoms with Crippen LogP contribution >= 0.6 is 0 Å². The Morgan fingerprint density at radius 1 is 0.882 bits per heavy atom. The van der Waals surface area contributed by atoms with Crippen LogP contribution in [0, 0.1) is 5.41 Å². The van der Waals surface area contributed by atoms with E-state index < -0.39 is 32.4 Å². The van der Waals surface area contributed by atoms with E-state index >= 15 is 0 Å². The highest BCUT2D eigenvalue weighted by molar-refractivity contribution is 7.93. The fraction of sp³-hybridized carbons (Fsp3) is 0.375. The molecule has 0 bridgehead atoms. The summed E-state index contributed by atoms with van der Waals surface area (Å²) in [6, 6.07) is 10.5. The van der Waals surface area contributed by atoms with E-state index in [0.29, 0.717) is 6.42 Å². The highest BCUT2D eigenvalue weighted by atomic mass is 32.2. The van der Waals surface area contributed by atoms with Gasteiger partial charge in [-0.2, -0.15) is 0 Å². The van der Waals surface area contributed by atoms with Crippen molar-refractivity contribution in [2.75, 3.05) is 13.1 Å². The summed E-state index contributed by atoms with van der Waals surface area (Å²) >= 11 is 0. The van der Waals surface area contributed by atoms with Crippen LogP contribution < -0.4 is 15.8 Å². The molecule has 1 unspecified atom stereocenters. The normalized spacial score (nSPS) is 21.8. The summed E-state index contributed by atoms with van der Waals surface area (Å²) in [7, 11) is -4.08. The zero-order chi connectivity index (χ0) is 24.6. The highest BCUT2D eigenvalue weighted by Crippen LogP contribution is 2.54. The fourth-order valence-electron chi connectivity index (χ4n) is 5.03. The van der Waals surface area contributed by atoms with Crippen LogP contribution in [0.25, 0.3) is 0 Å². The monoisotopic (exact) mass is 486 g/mol. The second kappa shape index (κ2) is 8.84. The Morgan fingerprint density at radius 3 is 2.03 bits per heavy atom. The minimum Gasteiger partial charge on any atom is -0.478 e. The molecule has 2 aromatic carbocycles. The number of amides is 1. The quantitative estimate of drug-likeness (QED) is 0.415. The third kappa shape index (κ3) is 4.19. The number of aromatic carboxylic acids is 1. The van der Waals surface area contributed by atoms with Gasteiger partial charge in [-0.1, -0.05) is 0 Å². The SMILES string of the molecule is NC(=O)C1(S(=O)(=O)c2ccc(OC(=O)c3ccc(C(=O)O)cc3)cc2)CCC2(CCNCC2)C1. The largest absolute Gasteiger partial charge is 0.478 e. The Bertz CT molecular complexity index is 1220. The summed E-state index contributed by atoms with van der Waals surface area (Å²) in [5.41, 5.74) is 5.67. The van der Waals surface area contributed by atoms with Gasteiger partial charge in [0.05, 0.1) is 16.0 Å². The molecule has 34 heavy (non-hydrogen) atoms. The van der Waals surface area contributed by atoms with Crippen molar-refractivity contribution in [3.05, 3.63) is 59.7 Å². The van der Waals surface area contributed by atoms with Gasteiger partial charge in [0.25, 0.3) is 0 Å². The number of nitrogens with one attached hydrogen (secondary N) is 1. The van der Waals surface area contributed by atoms with Crippen molar-refractivity contribution >= 4 is 27.7 Å². The Morgan fingerprint density at radius 2 is 1.47 bits per heavy atom. The third-order valence-corrected chi connectivity index (χ3v) is 9.53. The summed E-state index contributed by atoms with van der Waals surface area (Å²) in [5, 5.41) is 12.2. The van der Waals surface area contributed by atoms with E-state index in [1.165, 1.54) is 48.5 Å². The van der Waals surface area contributed by atoms with Gasteiger partial charge in [-0.15, -0.1) is 0 Å². The maximum absolute atomic E-state index is 13.6. The molecule has 1 heterocycles. The number of hydrogen-bond acceptors (Lipinski definition) is 7. The first-order chi connectivity index (χ1) is 16.1. The van der Waals surface area contributed by atoms with Gasteiger partial charge in [0, 0.05) is 0 Å². The van der Waals surface area contributed by atoms with Crippen LogP contribution in [0.15, 0.2) is 53.4 Å². The molecule has 2 fully saturated rings. The Balaban J connectivity index is 1.53. The van der Waals surface area contributed by atoms with Crippen LogP contribution in [0.1, 0.15) is 52.8 Å². The number of hydrogen-bond donors (Lipinski definition) is 3. The molecule has 10 heteroatoms. The van der Waals surface area contributed by atoms with Crippen molar-refractivity contribution in [1.82, 2.24) is 5.32 Å². The first kappa shape index (κ1) is 23.9. The number of benzene rings is 2. The number of carboxylic acid groups (broad SMARTS) is 1. The van der Waals surface area contributed by atoms with E-state index in [9.17, 15) is 22.8 Å². The molecular weight excluding hydrogens is 460 g/mol. The van der Waals surface area contributed by atoms with Crippen LogP contribution in [-0.4, -0.2) is 49.2 Å². The minimum atomic E-state index is -4.08. The number of carboxylic acids is 1. The molecule has 0 radical (unpaired) electrons. The third-order valence-electron chi connectivity index (χ3n) is 7.06. The maximum Gasteiger partial charge on any atom is 0.343 e. The van der Waals surface area contributed by atoms with E-state index in [0.717, 1.165) is 25.9 Å². The number of rotatable bonds is 6. The number of primary amides is 1. The molecule has 0 aromatic heterocycles. The summed E-state index contributed by atoms with van der Waals surface area (Å²) in [6.07, 6.45) is 2.64. The predicted molar refractivity (Wildman–Crippen MR) is 122 cm³/mol. The van der Waals surface area contributed by atoms with Crippen molar-refractivity contribution in [1.29, 1.82) is 0 Å². The van der Waals surface area contributed by atoms with Gasteiger partial charge in [-0.3, -0.25) is 4.79 Å². The second-order valence-corrected chi connectivity index (χ2v) is 11.3. The van der Waals surface area contributed by atoms with Gasteiger partial charge in [-0.05, 0) is 99.1 Å². The molecule has 4 N–H and O–H groups in total. The van der Waals surface area contributed by atoms with E-state index in [2.05, 4.69) is 5.32 Å². The van der Waals surface area contributed by atoms with Crippen molar-refractivity contribution in [3.8, 4) is 5.75 Å². The maximum atomic E-state index is 13.6. The molecule has 2 aromatic rings.